The molecule has 0 bridgehead atoms. The summed E-state index contributed by atoms with van der Waals surface area (Å²) in [6, 6.07) is 3.18. The van der Waals surface area contributed by atoms with Crippen LogP contribution in [0.2, 0.25) is 0 Å². The van der Waals surface area contributed by atoms with Gasteiger partial charge in [0, 0.05) is 18.3 Å². The summed E-state index contributed by atoms with van der Waals surface area (Å²) in [6.45, 7) is 0. The maximum atomic E-state index is 10.9. The Morgan fingerprint density at radius 2 is 2.16 bits per heavy atom. The van der Waals surface area contributed by atoms with Gasteiger partial charge in [-0.15, -0.1) is 0 Å². The number of hydrogen-bond donors (Lipinski definition) is 1. The van der Waals surface area contributed by atoms with Gasteiger partial charge in [-0.05, 0) is 25.7 Å². The zero-order chi connectivity index (χ0) is 13.8. The second kappa shape index (κ2) is 5.63. The van der Waals surface area contributed by atoms with Crippen LogP contribution in [0, 0.1) is 21.4 Å². The number of ether oxygens (including phenoxy) is 1. The van der Waals surface area contributed by atoms with E-state index in [1.165, 1.54) is 12.3 Å². The molecule has 0 unspecified atom stereocenters. The van der Waals surface area contributed by atoms with Crippen LogP contribution in [0.3, 0.4) is 0 Å². The normalized spacial score (nSPS) is 22.5. The number of pyridine rings is 1. The second-order valence-corrected chi connectivity index (χ2v) is 4.57. The van der Waals surface area contributed by atoms with E-state index in [4.69, 9.17) is 15.7 Å². The van der Waals surface area contributed by atoms with Crippen LogP contribution < -0.4 is 10.5 Å². The summed E-state index contributed by atoms with van der Waals surface area (Å²) in [5.74, 6) is -0.0236. The molecule has 1 aliphatic rings. The van der Waals surface area contributed by atoms with Crippen LogP contribution in [0.25, 0.3) is 0 Å². The minimum absolute atomic E-state index is 0.0236. The summed E-state index contributed by atoms with van der Waals surface area (Å²) in [5.41, 5.74) is 5.66. The van der Waals surface area contributed by atoms with Crippen LogP contribution in [-0.4, -0.2) is 22.1 Å². The van der Waals surface area contributed by atoms with Crippen LogP contribution >= 0.6 is 0 Å². The van der Waals surface area contributed by atoms with Crippen LogP contribution in [0.4, 0.5) is 5.69 Å². The fourth-order valence-electron chi connectivity index (χ4n) is 2.09. The van der Waals surface area contributed by atoms with E-state index in [-0.39, 0.29) is 29.3 Å². The van der Waals surface area contributed by atoms with Crippen molar-refractivity contribution >= 4 is 5.69 Å². The third-order valence-electron chi connectivity index (χ3n) is 3.16. The number of aromatic nitrogens is 1. The molecule has 1 saturated carbocycles. The van der Waals surface area contributed by atoms with Crippen molar-refractivity contribution in [2.45, 2.75) is 37.8 Å². The summed E-state index contributed by atoms with van der Waals surface area (Å²) < 4.78 is 5.58. The van der Waals surface area contributed by atoms with Crippen LogP contribution in [-0.2, 0) is 0 Å². The number of nitriles is 1. The summed E-state index contributed by atoms with van der Waals surface area (Å²) in [7, 11) is 0. The van der Waals surface area contributed by atoms with E-state index >= 15 is 0 Å². The monoisotopic (exact) mass is 262 g/mol. The van der Waals surface area contributed by atoms with Gasteiger partial charge in [0.15, 0.2) is 0 Å². The van der Waals surface area contributed by atoms with Crippen LogP contribution in [0.5, 0.6) is 5.88 Å². The molecule has 1 aliphatic carbocycles. The number of nitrogens with zero attached hydrogens (tertiary/aromatic N) is 3. The molecule has 0 atom stereocenters. The zero-order valence-corrected chi connectivity index (χ0v) is 10.3. The molecule has 19 heavy (non-hydrogen) atoms. The lowest BCUT2D eigenvalue weighted by atomic mass is 9.94. The molecular weight excluding hydrogens is 248 g/mol. The van der Waals surface area contributed by atoms with E-state index in [2.05, 4.69) is 4.98 Å². The van der Waals surface area contributed by atoms with Crippen molar-refractivity contribution in [2.24, 2.45) is 5.73 Å². The summed E-state index contributed by atoms with van der Waals surface area (Å²) in [4.78, 5) is 14.2. The molecule has 100 valence electrons. The van der Waals surface area contributed by atoms with Crippen molar-refractivity contribution in [2.75, 3.05) is 0 Å². The Morgan fingerprint density at radius 1 is 1.47 bits per heavy atom. The van der Waals surface area contributed by atoms with Gasteiger partial charge in [0.05, 0.1) is 10.5 Å². The van der Waals surface area contributed by atoms with Crippen molar-refractivity contribution < 1.29 is 9.66 Å². The van der Waals surface area contributed by atoms with Gasteiger partial charge in [-0.3, -0.25) is 10.1 Å². The van der Waals surface area contributed by atoms with Gasteiger partial charge in [0.2, 0.25) is 0 Å². The average molecular weight is 262 g/mol. The maximum Gasteiger partial charge on any atom is 0.332 e. The Balaban J connectivity index is 2.16. The molecule has 2 rings (SSSR count). The molecule has 1 aromatic rings. The number of nitrogens with two attached hydrogens (primary N) is 1. The molecule has 0 aromatic carbocycles. The highest BCUT2D eigenvalue weighted by Gasteiger charge is 2.25. The van der Waals surface area contributed by atoms with Gasteiger partial charge < -0.3 is 10.5 Å². The van der Waals surface area contributed by atoms with Crippen molar-refractivity contribution in [1.29, 1.82) is 5.26 Å². The van der Waals surface area contributed by atoms with Gasteiger partial charge in [-0.2, -0.15) is 5.26 Å². The molecule has 1 heterocycles. The Labute approximate surface area is 110 Å². The van der Waals surface area contributed by atoms with E-state index in [1.54, 1.807) is 0 Å². The molecule has 1 aromatic heterocycles. The molecule has 0 spiro atoms. The molecule has 7 nitrogen and oxygen atoms in total. The highest BCUT2D eigenvalue weighted by molar-refractivity contribution is 5.46. The predicted octanol–water partition coefficient (Wildman–Crippen LogP) is 1.51. The lowest BCUT2D eigenvalue weighted by Gasteiger charge is -2.26. The molecule has 0 radical (unpaired) electrons. The Morgan fingerprint density at radius 3 is 2.74 bits per heavy atom. The number of rotatable bonds is 3. The number of nitro groups is 1. The molecule has 7 heteroatoms. The third kappa shape index (κ3) is 3.17. The van der Waals surface area contributed by atoms with Crippen LogP contribution in [0.15, 0.2) is 12.3 Å². The smallest absolute Gasteiger partial charge is 0.332 e. The largest absolute Gasteiger partial charge is 0.469 e. The lowest BCUT2D eigenvalue weighted by molar-refractivity contribution is -0.386. The summed E-state index contributed by atoms with van der Waals surface area (Å²) in [5, 5.41) is 19.7. The molecular formula is C12H14N4O3. The van der Waals surface area contributed by atoms with Gasteiger partial charge >= 0.3 is 5.69 Å². The van der Waals surface area contributed by atoms with Crippen molar-refractivity contribution in [3.8, 4) is 11.9 Å². The molecule has 1 fully saturated rings. The molecule has 2 N–H and O–H groups in total. The Hall–Kier alpha value is -2.20. The highest BCUT2D eigenvalue weighted by Crippen LogP contribution is 2.29. The van der Waals surface area contributed by atoms with E-state index < -0.39 is 4.92 Å². The van der Waals surface area contributed by atoms with Crippen molar-refractivity contribution in [1.82, 2.24) is 4.98 Å². The van der Waals surface area contributed by atoms with Crippen LogP contribution in [0.1, 0.15) is 31.2 Å². The molecule has 0 aliphatic heterocycles. The Bertz CT molecular complexity index is 518. The quantitative estimate of drug-likeness (QED) is 0.652. The standard InChI is InChI=1S/C12H14N4O3/c13-6-8-5-11(16(17)18)12(15-7-8)19-10-3-1-9(14)2-4-10/h5,7,9-10H,1-4,14H2. The number of hydrogen-bond acceptors (Lipinski definition) is 6. The maximum absolute atomic E-state index is 10.9. The topological polar surface area (TPSA) is 115 Å². The fraction of sp³-hybridized carbons (Fsp3) is 0.500. The predicted molar refractivity (Wildman–Crippen MR) is 66.5 cm³/mol. The van der Waals surface area contributed by atoms with E-state index in [0.717, 1.165) is 25.7 Å². The van der Waals surface area contributed by atoms with Gasteiger partial charge in [0.1, 0.15) is 12.2 Å². The summed E-state index contributed by atoms with van der Waals surface area (Å²) >= 11 is 0. The first-order valence-electron chi connectivity index (χ1n) is 6.07. The zero-order valence-electron chi connectivity index (χ0n) is 10.3. The van der Waals surface area contributed by atoms with Gasteiger partial charge in [-0.1, -0.05) is 0 Å². The molecule has 0 saturated heterocycles. The van der Waals surface area contributed by atoms with Crippen molar-refractivity contribution in [3.63, 3.8) is 0 Å². The van der Waals surface area contributed by atoms with Gasteiger partial charge in [-0.25, -0.2) is 4.98 Å². The average Bonchev–Trinajstić information content (AvgIpc) is 2.41. The highest BCUT2D eigenvalue weighted by atomic mass is 16.6. The van der Waals surface area contributed by atoms with E-state index in [0.29, 0.717) is 0 Å². The first-order valence-corrected chi connectivity index (χ1v) is 6.07. The first kappa shape index (κ1) is 13.2. The first-order chi connectivity index (χ1) is 9.10. The van der Waals surface area contributed by atoms with Crippen molar-refractivity contribution in [3.05, 3.63) is 27.9 Å². The second-order valence-electron chi connectivity index (χ2n) is 4.57. The lowest BCUT2D eigenvalue weighted by Crippen LogP contribution is -2.32. The van der Waals surface area contributed by atoms with E-state index in [9.17, 15) is 10.1 Å². The summed E-state index contributed by atoms with van der Waals surface area (Å²) in [6.07, 6.45) is 4.39. The minimum atomic E-state index is -0.586. The van der Waals surface area contributed by atoms with Gasteiger partial charge in [0.25, 0.3) is 5.88 Å². The SMILES string of the molecule is N#Cc1cnc(OC2CCC(N)CC2)c([N+](=O)[O-])c1. The third-order valence-corrected chi connectivity index (χ3v) is 3.16. The molecule has 0 amide bonds. The Kier molecular flexibility index (Phi) is 3.92. The minimum Gasteiger partial charge on any atom is -0.469 e. The van der Waals surface area contributed by atoms with E-state index in [1.807, 2.05) is 6.07 Å². The fourth-order valence-corrected chi connectivity index (χ4v) is 2.09.